The topological polar surface area (TPSA) is 29.1 Å². The molecule has 0 aliphatic heterocycles. The Morgan fingerprint density at radius 3 is 2.67 bits per heavy atom. The third kappa shape index (κ3) is 3.35. The summed E-state index contributed by atoms with van der Waals surface area (Å²) in [5, 5.41) is 2.59. The first-order chi connectivity index (χ1) is 7.00. The number of nitrogens with one attached hydrogen (secondary N) is 1. The summed E-state index contributed by atoms with van der Waals surface area (Å²) in [6.07, 6.45) is 0. The number of benzene rings is 1. The van der Waals surface area contributed by atoms with Gasteiger partial charge in [-0.1, -0.05) is 26.0 Å². The summed E-state index contributed by atoms with van der Waals surface area (Å²) in [6, 6.07) is 5.03. The van der Waals surface area contributed by atoms with Gasteiger partial charge in [-0.2, -0.15) is 0 Å². The minimum atomic E-state index is -0.270. The lowest BCUT2D eigenvalue weighted by molar-refractivity contribution is -0.119. The van der Waals surface area contributed by atoms with E-state index in [2.05, 4.69) is 19.2 Å². The molecule has 0 atom stereocenters. The second kappa shape index (κ2) is 4.91. The molecule has 0 heterocycles. The molecule has 3 heteroatoms. The van der Waals surface area contributed by atoms with Crippen LogP contribution in [-0.4, -0.2) is 5.91 Å². The number of rotatable bonds is 3. The molecule has 0 aliphatic rings. The molecule has 0 aliphatic carbocycles. The molecule has 0 saturated carbocycles. The molecule has 0 saturated heterocycles. The summed E-state index contributed by atoms with van der Waals surface area (Å²) in [4.78, 5) is 10.7. The van der Waals surface area contributed by atoms with E-state index in [9.17, 15) is 9.18 Å². The molecule has 82 valence electrons. The zero-order valence-electron chi connectivity index (χ0n) is 9.30. The van der Waals surface area contributed by atoms with Gasteiger partial charge >= 0.3 is 0 Å². The number of amides is 1. The number of hydrogen-bond donors (Lipinski definition) is 1. The molecule has 0 unspecified atom stereocenters. The van der Waals surface area contributed by atoms with Gasteiger partial charge in [-0.15, -0.1) is 0 Å². The van der Waals surface area contributed by atoms with E-state index in [0.29, 0.717) is 11.5 Å². The van der Waals surface area contributed by atoms with E-state index in [-0.39, 0.29) is 18.3 Å². The van der Waals surface area contributed by atoms with Crippen LogP contribution in [0.2, 0.25) is 0 Å². The number of hydrogen-bond acceptors (Lipinski definition) is 1. The molecule has 1 aromatic carbocycles. The van der Waals surface area contributed by atoms with Crippen LogP contribution in [0.5, 0.6) is 0 Å². The number of carbonyl (C=O) groups is 1. The minimum absolute atomic E-state index is 0.149. The Kier molecular flexibility index (Phi) is 3.83. The second-order valence-corrected chi connectivity index (χ2v) is 3.92. The molecular weight excluding hydrogens is 193 g/mol. The summed E-state index contributed by atoms with van der Waals surface area (Å²) < 4.78 is 13.3. The van der Waals surface area contributed by atoms with Crippen molar-refractivity contribution in [2.45, 2.75) is 33.2 Å². The summed E-state index contributed by atoms with van der Waals surface area (Å²) in [7, 11) is 0. The van der Waals surface area contributed by atoms with Crippen molar-refractivity contribution >= 4 is 5.91 Å². The van der Waals surface area contributed by atoms with Crippen molar-refractivity contribution in [1.82, 2.24) is 5.32 Å². The number of carbonyl (C=O) groups excluding carboxylic acids is 1. The third-order valence-corrected chi connectivity index (χ3v) is 2.26. The molecule has 1 N–H and O–H groups in total. The summed E-state index contributed by atoms with van der Waals surface area (Å²) >= 11 is 0. The van der Waals surface area contributed by atoms with E-state index < -0.39 is 0 Å². The molecule has 1 rings (SSSR count). The highest BCUT2D eigenvalue weighted by molar-refractivity contribution is 5.72. The van der Waals surface area contributed by atoms with E-state index in [1.165, 1.54) is 13.0 Å². The Hall–Kier alpha value is -1.38. The lowest BCUT2D eigenvalue weighted by Gasteiger charge is -2.09. The monoisotopic (exact) mass is 209 g/mol. The predicted octanol–water partition coefficient (Wildman–Crippen LogP) is 2.59. The van der Waals surface area contributed by atoms with Crippen molar-refractivity contribution in [3.63, 3.8) is 0 Å². The molecule has 0 aromatic heterocycles. The fourth-order valence-electron chi connectivity index (χ4n) is 1.31. The average molecular weight is 209 g/mol. The van der Waals surface area contributed by atoms with E-state index in [1.807, 2.05) is 0 Å². The van der Waals surface area contributed by atoms with Gasteiger partial charge in [-0.3, -0.25) is 4.79 Å². The van der Waals surface area contributed by atoms with Crippen LogP contribution in [0.4, 0.5) is 4.39 Å². The summed E-state index contributed by atoms with van der Waals surface area (Å²) in [6.45, 7) is 5.77. The first-order valence-corrected chi connectivity index (χ1v) is 5.03. The molecule has 0 fully saturated rings. The molecule has 2 nitrogen and oxygen atoms in total. The normalized spacial score (nSPS) is 10.5. The third-order valence-electron chi connectivity index (χ3n) is 2.26. The average Bonchev–Trinajstić information content (AvgIpc) is 2.16. The van der Waals surface area contributed by atoms with Crippen molar-refractivity contribution in [2.75, 3.05) is 0 Å². The first-order valence-electron chi connectivity index (χ1n) is 5.03. The molecule has 0 bridgehead atoms. The first kappa shape index (κ1) is 11.7. The van der Waals surface area contributed by atoms with Gasteiger partial charge in [-0.25, -0.2) is 4.39 Å². The van der Waals surface area contributed by atoms with Crippen LogP contribution in [-0.2, 0) is 11.3 Å². The quantitative estimate of drug-likeness (QED) is 0.814. The van der Waals surface area contributed by atoms with Gasteiger partial charge in [0.15, 0.2) is 0 Å². The minimum Gasteiger partial charge on any atom is -0.352 e. The van der Waals surface area contributed by atoms with E-state index in [1.54, 1.807) is 12.1 Å². The molecule has 1 aromatic rings. The fourth-order valence-corrected chi connectivity index (χ4v) is 1.31. The van der Waals surface area contributed by atoms with Crippen LogP contribution in [0.25, 0.3) is 0 Å². The van der Waals surface area contributed by atoms with E-state index >= 15 is 0 Å². The maximum atomic E-state index is 13.3. The van der Waals surface area contributed by atoms with Crippen LogP contribution in [0, 0.1) is 5.82 Å². The van der Waals surface area contributed by atoms with Crippen LogP contribution in [0.15, 0.2) is 18.2 Å². The Labute approximate surface area is 89.5 Å². The maximum Gasteiger partial charge on any atom is 0.217 e. The Morgan fingerprint density at radius 1 is 1.47 bits per heavy atom. The summed E-state index contributed by atoms with van der Waals surface area (Å²) in [5.74, 6) is -0.0563. The molecule has 1 amide bonds. The smallest absolute Gasteiger partial charge is 0.217 e. The van der Waals surface area contributed by atoms with E-state index in [4.69, 9.17) is 0 Å². The molecular formula is C12H16FNO. The Bertz CT molecular complexity index is 361. The lowest BCUT2D eigenvalue weighted by atomic mass is 10.0. The zero-order chi connectivity index (χ0) is 11.4. The van der Waals surface area contributed by atoms with Crippen LogP contribution < -0.4 is 5.32 Å². The second-order valence-electron chi connectivity index (χ2n) is 3.92. The number of halogens is 1. The van der Waals surface area contributed by atoms with Crippen molar-refractivity contribution in [1.29, 1.82) is 0 Å². The van der Waals surface area contributed by atoms with Gasteiger partial charge < -0.3 is 5.32 Å². The van der Waals surface area contributed by atoms with Gasteiger partial charge in [0.25, 0.3) is 0 Å². The molecule has 0 radical (unpaired) electrons. The van der Waals surface area contributed by atoms with Crippen molar-refractivity contribution in [2.24, 2.45) is 0 Å². The summed E-state index contributed by atoms with van der Waals surface area (Å²) in [5.41, 5.74) is 1.62. The predicted molar refractivity (Wildman–Crippen MR) is 58.0 cm³/mol. The highest BCUT2D eigenvalue weighted by Gasteiger charge is 2.06. The molecule has 15 heavy (non-hydrogen) atoms. The largest absolute Gasteiger partial charge is 0.352 e. The van der Waals surface area contributed by atoms with Gasteiger partial charge in [0, 0.05) is 19.0 Å². The highest BCUT2D eigenvalue weighted by Crippen LogP contribution is 2.17. The maximum absolute atomic E-state index is 13.3. The SMILES string of the molecule is CC(=O)NCc1cc(C(C)C)ccc1F. The van der Waals surface area contributed by atoms with E-state index in [0.717, 1.165) is 5.56 Å². The Morgan fingerprint density at radius 2 is 2.13 bits per heavy atom. The lowest BCUT2D eigenvalue weighted by Crippen LogP contribution is -2.19. The van der Waals surface area contributed by atoms with Crippen LogP contribution in [0.1, 0.15) is 37.8 Å². The highest BCUT2D eigenvalue weighted by atomic mass is 19.1. The molecule has 0 spiro atoms. The Balaban J connectivity index is 2.85. The van der Waals surface area contributed by atoms with Gasteiger partial charge in [-0.05, 0) is 17.5 Å². The van der Waals surface area contributed by atoms with Crippen LogP contribution >= 0.6 is 0 Å². The van der Waals surface area contributed by atoms with Gasteiger partial charge in [0.1, 0.15) is 5.82 Å². The fraction of sp³-hybridized carbons (Fsp3) is 0.417. The van der Waals surface area contributed by atoms with Crippen LogP contribution in [0.3, 0.4) is 0 Å². The van der Waals surface area contributed by atoms with Gasteiger partial charge in [0.05, 0.1) is 0 Å². The standard InChI is InChI=1S/C12H16FNO/c1-8(2)10-4-5-12(13)11(6-10)7-14-9(3)15/h4-6,8H,7H2,1-3H3,(H,14,15). The zero-order valence-corrected chi connectivity index (χ0v) is 9.30. The van der Waals surface area contributed by atoms with Crippen molar-refractivity contribution in [3.05, 3.63) is 35.1 Å². The van der Waals surface area contributed by atoms with Crippen molar-refractivity contribution in [3.8, 4) is 0 Å². The van der Waals surface area contributed by atoms with Gasteiger partial charge in [0.2, 0.25) is 5.91 Å². The van der Waals surface area contributed by atoms with Crippen molar-refractivity contribution < 1.29 is 9.18 Å².